The lowest BCUT2D eigenvalue weighted by Crippen LogP contribution is -2.49. The van der Waals surface area contributed by atoms with Crippen molar-refractivity contribution >= 4 is 46.1 Å². The largest absolute Gasteiger partial charge is 0.465 e. The second kappa shape index (κ2) is 11.3. The van der Waals surface area contributed by atoms with E-state index in [-0.39, 0.29) is 18.5 Å². The minimum Gasteiger partial charge on any atom is -0.465 e. The van der Waals surface area contributed by atoms with Gasteiger partial charge in [0.2, 0.25) is 21.8 Å². The number of esters is 1. The number of rotatable bonds is 7. The van der Waals surface area contributed by atoms with E-state index in [1.807, 2.05) is 0 Å². The average molecular weight is 574 g/mol. The number of ether oxygens (including phenoxy) is 1. The summed E-state index contributed by atoms with van der Waals surface area (Å²) in [6.45, 7) is -0.711. The molecule has 3 rings (SSSR count). The standard InChI is InChI=1S/C24H26F3N3O6S2/c1-28(14-21(31)29(2)16-10-8-15(9-11-16)23(33)36-3)22(32)19-12-17(37)13-30(19)38(34,35)20-7-5-4-6-18(20)24(25,26)27/h4-11,17,19,37H,12-14H2,1-3H3. The fourth-order valence-corrected chi connectivity index (χ4v) is 6.39. The van der Waals surface area contributed by atoms with E-state index < -0.39 is 62.3 Å². The Kier molecular flexibility index (Phi) is 8.79. The van der Waals surface area contributed by atoms with Crippen LogP contribution in [0.4, 0.5) is 18.9 Å². The predicted molar refractivity (Wildman–Crippen MR) is 135 cm³/mol. The van der Waals surface area contributed by atoms with Crippen molar-refractivity contribution in [2.24, 2.45) is 0 Å². The molecular formula is C24H26F3N3O6S2. The molecule has 0 aliphatic carbocycles. The third-order valence-corrected chi connectivity index (χ3v) is 8.40. The van der Waals surface area contributed by atoms with Gasteiger partial charge in [0.25, 0.3) is 0 Å². The number of amides is 2. The normalized spacial score (nSPS) is 18.2. The van der Waals surface area contributed by atoms with Crippen LogP contribution in [0.2, 0.25) is 0 Å². The number of halogens is 3. The van der Waals surface area contributed by atoms with Gasteiger partial charge in [-0.2, -0.15) is 30.1 Å². The van der Waals surface area contributed by atoms with Crippen molar-refractivity contribution in [1.82, 2.24) is 9.21 Å². The van der Waals surface area contributed by atoms with Gasteiger partial charge in [0.15, 0.2) is 0 Å². The molecular weight excluding hydrogens is 547 g/mol. The van der Waals surface area contributed by atoms with Crippen LogP contribution in [-0.2, 0) is 30.5 Å². The number of anilines is 1. The molecule has 0 bridgehead atoms. The number of methoxy groups -OCH3 is 1. The van der Waals surface area contributed by atoms with Gasteiger partial charge < -0.3 is 14.5 Å². The summed E-state index contributed by atoms with van der Waals surface area (Å²) >= 11 is 4.27. The zero-order chi connectivity index (χ0) is 28.4. The van der Waals surface area contributed by atoms with Crippen LogP contribution < -0.4 is 4.90 Å². The highest BCUT2D eigenvalue weighted by Crippen LogP contribution is 2.37. The lowest BCUT2D eigenvalue weighted by atomic mass is 10.2. The zero-order valence-electron chi connectivity index (χ0n) is 20.7. The molecule has 0 spiro atoms. The molecule has 0 radical (unpaired) electrons. The monoisotopic (exact) mass is 573 g/mol. The Morgan fingerprint density at radius 2 is 1.68 bits per heavy atom. The molecule has 2 aromatic rings. The van der Waals surface area contributed by atoms with E-state index in [0.717, 1.165) is 17.0 Å². The summed E-state index contributed by atoms with van der Waals surface area (Å²) in [4.78, 5) is 39.0. The summed E-state index contributed by atoms with van der Waals surface area (Å²) in [6.07, 6.45) is -4.97. The number of nitrogens with zero attached hydrogens (tertiary/aromatic N) is 3. The van der Waals surface area contributed by atoms with E-state index in [1.165, 1.54) is 56.4 Å². The van der Waals surface area contributed by atoms with Crippen molar-refractivity contribution < 1.29 is 40.7 Å². The lowest BCUT2D eigenvalue weighted by molar-refractivity contribution is -0.140. The van der Waals surface area contributed by atoms with E-state index in [2.05, 4.69) is 17.4 Å². The highest BCUT2D eigenvalue weighted by atomic mass is 32.2. The van der Waals surface area contributed by atoms with Crippen LogP contribution in [0.3, 0.4) is 0 Å². The maximum atomic E-state index is 13.5. The maximum absolute atomic E-state index is 13.5. The Labute approximate surface area is 223 Å². The molecule has 2 aromatic carbocycles. The number of likely N-dealkylation sites (N-methyl/N-ethyl adjacent to an activating group) is 2. The molecule has 1 aliphatic rings. The zero-order valence-corrected chi connectivity index (χ0v) is 22.4. The fourth-order valence-electron chi connectivity index (χ4n) is 4.05. The van der Waals surface area contributed by atoms with Crippen LogP contribution in [-0.4, -0.2) is 81.0 Å². The van der Waals surface area contributed by atoms with Gasteiger partial charge >= 0.3 is 12.1 Å². The van der Waals surface area contributed by atoms with Crippen molar-refractivity contribution in [2.45, 2.75) is 28.8 Å². The molecule has 38 heavy (non-hydrogen) atoms. The number of alkyl halides is 3. The van der Waals surface area contributed by atoms with E-state index in [9.17, 15) is 36.0 Å². The molecule has 206 valence electrons. The molecule has 2 atom stereocenters. The topological polar surface area (TPSA) is 104 Å². The summed E-state index contributed by atoms with van der Waals surface area (Å²) in [7, 11) is -0.737. The Bertz CT molecular complexity index is 1320. The molecule has 2 amide bonds. The molecule has 1 fully saturated rings. The number of thiol groups is 1. The van der Waals surface area contributed by atoms with Crippen LogP contribution in [0.5, 0.6) is 0 Å². The van der Waals surface area contributed by atoms with E-state index in [4.69, 9.17) is 0 Å². The minimum atomic E-state index is -4.92. The molecule has 14 heteroatoms. The number of benzene rings is 2. The molecule has 9 nitrogen and oxygen atoms in total. The highest BCUT2D eigenvalue weighted by Gasteiger charge is 2.47. The first-order valence-electron chi connectivity index (χ1n) is 11.2. The number of hydrogen-bond donors (Lipinski definition) is 1. The highest BCUT2D eigenvalue weighted by molar-refractivity contribution is 7.89. The Balaban J connectivity index is 1.79. The van der Waals surface area contributed by atoms with Crippen molar-refractivity contribution in [1.29, 1.82) is 0 Å². The molecule has 1 aliphatic heterocycles. The third-order valence-electron chi connectivity index (χ3n) is 6.10. The second-order valence-electron chi connectivity index (χ2n) is 8.66. The van der Waals surface area contributed by atoms with Crippen LogP contribution >= 0.6 is 12.6 Å². The average Bonchev–Trinajstić information content (AvgIpc) is 3.29. The summed E-state index contributed by atoms with van der Waals surface area (Å²) < 4.78 is 72.5. The second-order valence-corrected chi connectivity index (χ2v) is 11.2. The van der Waals surface area contributed by atoms with Crippen LogP contribution in [0.1, 0.15) is 22.3 Å². The van der Waals surface area contributed by atoms with Crippen molar-refractivity contribution in [3.05, 3.63) is 59.7 Å². The molecule has 2 unspecified atom stereocenters. The van der Waals surface area contributed by atoms with E-state index >= 15 is 0 Å². The van der Waals surface area contributed by atoms with Crippen molar-refractivity contribution in [2.75, 3.05) is 39.2 Å². The fraction of sp³-hybridized carbons (Fsp3) is 0.375. The van der Waals surface area contributed by atoms with Crippen molar-refractivity contribution in [3.63, 3.8) is 0 Å². The maximum Gasteiger partial charge on any atom is 0.417 e. The van der Waals surface area contributed by atoms with Crippen LogP contribution in [0.25, 0.3) is 0 Å². The smallest absolute Gasteiger partial charge is 0.417 e. The van der Waals surface area contributed by atoms with Gasteiger partial charge in [-0.3, -0.25) is 9.59 Å². The quantitative estimate of drug-likeness (QED) is 0.404. The summed E-state index contributed by atoms with van der Waals surface area (Å²) in [5, 5.41) is -0.600. The first-order valence-corrected chi connectivity index (χ1v) is 13.2. The van der Waals surface area contributed by atoms with Gasteiger partial charge in [0, 0.05) is 31.6 Å². The van der Waals surface area contributed by atoms with Gasteiger partial charge in [-0.25, -0.2) is 13.2 Å². The SMILES string of the molecule is COC(=O)c1ccc(N(C)C(=O)CN(C)C(=O)C2CC(S)CN2S(=O)(=O)c2ccccc2C(F)(F)F)cc1. The summed E-state index contributed by atoms with van der Waals surface area (Å²) in [5.74, 6) is -1.83. The third kappa shape index (κ3) is 6.13. The van der Waals surface area contributed by atoms with Gasteiger partial charge in [-0.1, -0.05) is 12.1 Å². The van der Waals surface area contributed by atoms with E-state index in [0.29, 0.717) is 16.1 Å². The summed E-state index contributed by atoms with van der Waals surface area (Å²) in [5.41, 5.74) is -0.634. The molecule has 1 heterocycles. The number of carbonyl (C=O) groups is 3. The van der Waals surface area contributed by atoms with E-state index in [1.54, 1.807) is 0 Å². The van der Waals surface area contributed by atoms with Crippen LogP contribution in [0.15, 0.2) is 53.4 Å². The Hall–Kier alpha value is -3.10. The molecule has 1 saturated heterocycles. The summed E-state index contributed by atoms with van der Waals surface area (Å²) in [6, 6.07) is 8.38. The molecule has 0 saturated carbocycles. The number of hydrogen-bond acceptors (Lipinski definition) is 7. The van der Waals surface area contributed by atoms with Crippen LogP contribution in [0, 0.1) is 0 Å². The first-order chi connectivity index (χ1) is 17.7. The van der Waals surface area contributed by atoms with Crippen molar-refractivity contribution in [3.8, 4) is 0 Å². The molecule has 0 aromatic heterocycles. The van der Waals surface area contributed by atoms with Gasteiger partial charge in [0.1, 0.15) is 6.04 Å². The lowest BCUT2D eigenvalue weighted by Gasteiger charge is -2.29. The number of sulfonamides is 1. The Morgan fingerprint density at radius 1 is 1.08 bits per heavy atom. The van der Waals surface area contributed by atoms with Gasteiger partial charge in [-0.15, -0.1) is 0 Å². The Morgan fingerprint density at radius 3 is 2.26 bits per heavy atom. The minimum absolute atomic E-state index is 0.0429. The first kappa shape index (κ1) is 29.5. The van der Waals surface area contributed by atoms with Gasteiger partial charge in [0.05, 0.1) is 29.7 Å². The predicted octanol–water partition coefficient (Wildman–Crippen LogP) is 2.67. The number of carbonyl (C=O) groups excluding carboxylic acids is 3. The van der Waals surface area contributed by atoms with Gasteiger partial charge in [-0.05, 0) is 42.8 Å². The molecule has 0 N–H and O–H groups in total.